The predicted octanol–water partition coefficient (Wildman–Crippen LogP) is 4.39. The highest BCUT2D eigenvalue weighted by Crippen LogP contribution is 2.27. The third-order valence-electron chi connectivity index (χ3n) is 6.73. The molecule has 0 aliphatic rings. The summed E-state index contributed by atoms with van der Waals surface area (Å²) in [6.45, 7) is 1.75. The monoisotopic (exact) mass is 617 g/mol. The number of amides is 1. The Labute approximate surface area is 253 Å². The molecular weight excluding hydrogens is 590 g/mol. The molecule has 0 aliphatic carbocycles. The molecule has 0 saturated heterocycles. The van der Waals surface area contributed by atoms with E-state index in [4.69, 9.17) is 17.3 Å². The van der Waals surface area contributed by atoms with Crippen molar-refractivity contribution in [3.05, 3.63) is 112 Å². The summed E-state index contributed by atoms with van der Waals surface area (Å²) in [6.07, 6.45) is 1.40. The molecule has 13 heteroatoms. The van der Waals surface area contributed by atoms with Crippen LogP contribution in [-0.2, 0) is 10.2 Å². The molecule has 0 bridgehead atoms. The van der Waals surface area contributed by atoms with Crippen LogP contribution in [0.2, 0.25) is 5.02 Å². The maximum absolute atomic E-state index is 13.7. The second kappa shape index (κ2) is 11.8. The minimum atomic E-state index is -3.73. The van der Waals surface area contributed by atoms with Crippen molar-refractivity contribution in [2.24, 2.45) is 0 Å². The fraction of sp³-hybridized carbons (Fsp3) is 0.133. The van der Waals surface area contributed by atoms with Crippen LogP contribution in [0.4, 0.5) is 11.5 Å². The van der Waals surface area contributed by atoms with Crippen molar-refractivity contribution in [2.75, 3.05) is 24.6 Å². The van der Waals surface area contributed by atoms with Crippen molar-refractivity contribution in [3.63, 3.8) is 0 Å². The van der Waals surface area contributed by atoms with Crippen LogP contribution in [0.3, 0.4) is 0 Å². The van der Waals surface area contributed by atoms with E-state index >= 15 is 0 Å². The van der Waals surface area contributed by atoms with Gasteiger partial charge in [0.15, 0.2) is 11.5 Å². The quantitative estimate of drug-likeness (QED) is 0.233. The van der Waals surface area contributed by atoms with E-state index in [0.29, 0.717) is 44.1 Å². The maximum atomic E-state index is 13.7. The highest BCUT2D eigenvalue weighted by Gasteiger charge is 2.22. The Kier molecular flexibility index (Phi) is 8.18. The molecule has 2 heterocycles. The molecular formula is C30H28ClN7O4S. The van der Waals surface area contributed by atoms with Gasteiger partial charge in [-0.3, -0.25) is 18.9 Å². The lowest BCUT2D eigenvalue weighted by Crippen LogP contribution is -2.33. The summed E-state index contributed by atoms with van der Waals surface area (Å²) in [4.78, 5) is 35.8. The standard InChI is InChI=1S/C30H28ClN7O4S/c1-18(25-16-20-10-8-14-23(31)26(20)30(40)38(25)22-12-5-4-6-13-22)34-29(39)27-28(32)33-17-24(35-27)19-9-7-11-21(15-19)36-43(41,42)37(2)3/h4-18,36H,1-3H3,(H2,32,33)(H,34,39)/t18-/m0/s1. The molecule has 0 spiro atoms. The number of fused-ring (bicyclic) bond motifs is 1. The summed E-state index contributed by atoms with van der Waals surface area (Å²) in [6, 6.07) is 21.9. The van der Waals surface area contributed by atoms with Crippen LogP contribution in [0.1, 0.15) is 29.1 Å². The maximum Gasteiger partial charge on any atom is 0.301 e. The number of carbonyl (C=O) groups excluding carboxylic acids is 1. The first-order valence-corrected chi connectivity index (χ1v) is 14.9. The minimum absolute atomic E-state index is 0.0938. The molecule has 0 radical (unpaired) electrons. The lowest BCUT2D eigenvalue weighted by Gasteiger charge is -2.21. The summed E-state index contributed by atoms with van der Waals surface area (Å²) in [5.41, 5.74) is 7.86. The van der Waals surface area contributed by atoms with Crippen molar-refractivity contribution >= 4 is 50.0 Å². The second-order valence-corrected chi connectivity index (χ2v) is 12.2. The van der Waals surface area contributed by atoms with Crippen molar-refractivity contribution < 1.29 is 13.2 Å². The number of nitrogen functional groups attached to an aromatic ring is 1. The van der Waals surface area contributed by atoms with Gasteiger partial charge in [0, 0.05) is 31.0 Å². The molecule has 0 saturated carbocycles. The summed E-state index contributed by atoms with van der Waals surface area (Å²) in [5.74, 6) is -0.703. The van der Waals surface area contributed by atoms with Crippen molar-refractivity contribution in [3.8, 4) is 16.9 Å². The number of hydrogen-bond acceptors (Lipinski definition) is 7. The van der Waals surface area contributed by atoms with Gasteiger partial charge in [-0.25, -0.2) is 9.97 Å². The van der Waals surface area contributed by atoms with E-state index in [1.54, 1.807) is 61.5 Å². The summed E-state index contributed by atoms with van der Waals surface area (Å²) >= 11 is 6.41. The molecule has 0 unspecified atom stereocenters. The van der Waals surface area contributed by atoms with E-state index in [9.17, 15) is 18.0 Å². The first kappa shape index (κ1) is 29.7. The largest absolute Gasteiger partial charge is 0.382 e. The first-order chi connectivity index (χ1) is 20.5. The van der Waals surface area contributed by atoms with E-state index in [0.717, 1.165) is 4.31 Å². The van der Waals surface area contributed by atoms with Crippen LogP contribution in [0, 0.1) is 0 Å². The number of rotatable bonds is 8. The molecule has 1 atom stereocenters. The van der Waals surface area contributed by atoms with Crippen molar-refractivity contribution in [2.45, 2.75) is 13.0 Å². The smallest absolute Gasteiger partial charge is 0.301 e. The first-order valence-electron chi connectivity index (χ1n) is 13.1. The Hall–Kier alpha value is -4.78. The highest BCUT2D eigenvalue weighted by molar-refractivity contribution is 7.90. The second-order valence-electron chi connectivity index (χ2n) is 9.90. The zero-order valence-electron chi connectivity index (χ0n) is 23.4. The van der Waals surface area contributed by atoms with Gasteiger partial charge in [0.1, 0.15) is 0 Å². The van der Waals surface area contributed by atoms with Crippen LogP contribution < -0.4 is 21.3 Å². The number of carbonyl (C=O) groups is 1. The number of aromatic nitrogens is 3. The van der Waals surface area contributed by atoms with E-state index in [1.807, 2.05) is 24.3 Å². The van der Waals surface area contributed by atoms with Crippen LogP contribution in [0.15, 0.2) is 89.9 Å². The summed E-state index contributed by atoms with van der Waals surface area (Å²) in [7, 11) is -0.905. The zero-order valence-corrected chi connectivity index (χ0v) is 25.0. The van der Waals surface area contributed by atoms with E-state index in [1.165, 1.54) is 24.9 Å². The Morgan fingerprint density at radius 3 is 2.47 bits per heavy atom. The van der Waals surface area contributed by atoms with Gasteiger partial charge >= 0.3 is 10.2 Å². The van der Waals surface area contributed by atoms with Gasteiger partial charge in [-0.2, -0.15) is 12.7 Å². The lowest BCUT2D eigenvalue weighted by molar-refractivity contribution is 0.0934. The highest BCUT2D eigenvalue weighted by atomic mass is 35.5. The van der Waals surface area contributed by atoms with E-state index in [2.05, 4.69) is 20.0 Å². The molecule has 43 heavy (non-hydrogen) atoms. The van der Waals surface area contributed by atoms with Crippen molar-refractivity contribution in [1.29, 1.82) is 0 Å². The van der Waals surface area contributed by atoms with Crippen molar-refractivity contribution in [1.82, 2.24) is 24.2 Å². The zero-order chi connectivity index (χ0) is 30.9. The topological polar surface area (TPSA) is 152 Å². The number of hydrogen-bond donors (Lipinski definition) is 3. The number of pyridine rings is 1. The molecule has 220 valence electrons. The van der Waals surface area contributed by atoms with Gasteiger partial charge < -0.3 is 11.1 Å². The summed E-state index contributed by atoms with van der Waals surface area (Å²) in [5, 5.41) is 4.22. The average molecular weight is 618 g/mol. The average Bonchev–Trinajstić information content (AvgIpc) is 2.97. The molecule has 3 aromatic carbocycles. The van der Waals surface area contributed by atoms with Gasteiger partial charge in [-0.1, -0.05) is 54.1 Å². The third-order valence-corrected chi connectivity index (χ3v) is 8.50. The SMILES string of the molecule is C[C@H](NC(=O)c1nc(-c2cccc(NS(=O)(=O)N(C)C)c2)cnc1N)c1cc2cccc(Cl)c2c(=O)n1-c1ccccc1. The Morgan fingerprint density at radius 2 is 1.74 bits per heavy atom. The molecule has 11 nitrogen and oxygen atoms in total. The van der Waals surface area contributed by atoms with E-state index in [-0.39, 0.29) is 17.1 Å². The van der Waals surface area contributed by atoms with Crippen LogP contribution in [-0.4, -0.2) is 47.3 Å². The van der Waals surface area contributed by atoms with Crippen LogP contribution >= 0.6 is 11.6 Å². The van der Waals surface area contributed by atoms with E-state index < -0.39 is 22.2 Å². The molecule has 0 fully saturated rings. The van der Waals surface area contributed by atoms with Crippen LogP contribution in [0.25, 0.3) is 27.7 Å². The number of nitrogens with zero attached hydrogens (tertiary/aromatic N) is 4. The number of nitrogens with one attached hydrogen (secondary N) is 2. The summed E-state index contributed by atoms with van der Waals surface area (Å²) < 4.78 is 29.6. The number of benzene rings is 3. The molecule has 5 rings (SSSR count). The molecule has 0 aliphatic heterocycles. The Morgan fingerprint density at radius 1 is 1.02 bits per heavy atom. The predicted molar refractivity (Wildman–Crippen MR) is 169 cm³/mol. The van der Waals surface area contributed by atoms with Gasteiger partial charge in [0.25, 0.3) is 11.5 Å². The van der Waals surface area contributed by atoms with Crippen LogP contribution in [0.5, 0.6) is 0 Å². The minimum Gasteiger partial charge on any atom is -0.382 e. The molecule has 2 aromatic heterocycles. The normalized spacial score (nSPS) is 12.3. The Bertz CT molecular complexity index is 2020. The molecule has 1 amide bonds. The molecule has 5 aromatic rings. The van der Waals surface area contributed by atoms with Gasteiger partial charge in [0.05, 0.1) is 34.0 Å². The fourth-order valence-electron chi connectivity index (χ4n) is 4.53. The molecule has 4 N–H and O–H groups in total. The van der Waals surface area contributed by atoms with Gasteiger partial charge in [0.2, 0.25) is 0 Å². The number of nitrogens with two attached hydrogens (primary N) is 1. The Balaban J connectivity index is 1.50. The number of anilines is 2. The fourth-order valence-corrected chi connectivity index (χ4v) is 5.40. The van der Waals surface area contributed by atoms with Gasteiger partial charge in [-0.15, -0.1) is 0 Å². The lowest BCUT2D eigenvalue weighted by atomic mass is 10.1. The number of halogens is 1. The van der Waals surface area contributed by atoms with Gasteiger partial charge in [-0.05, 0) is 48.7 Å². The third kappa shape index (κ3) is 6.07. The number of para-hydroxylation sites is 1.